The molecular weight excluding hydrogens is 344 g/mol. The molecule has 0 saturated carbocycles. The zero-order valence-electron chi connectivity index (χ0n) is 16.2. The summed E-state index contributed by atoms with van der Waals surface area (Å²) in [7, 11) is 1.58. The molecule has 2 aromatic carbocycles. The first-order chi connectivity index (χ1) is 13.0. The zero-order chi connectivity index (χ0) is 19.6. The Morgan fingerprint density at radius 2 is 1.93 bits per heavy atom. The molecular formula is C21H26N2O4. The van der Waals surface area contributed by atoms with Gasteiger partial charge in [-0.3, -0.25) is 4.79 Å². The fraction of sp³-hybridized carbons (Fsp3) is 0.333. The van der Waals surface area contributed by atoms with Crippen molar-refractivity contribution in [3.05, 3.63) is 53.6 Å². The fourth-order valence-electron chi connectivity index (χ4n) is 2.41. The van der Waals surface area contributed by atoms with E-state index in [1.165, 1.54) is 0 Å². The maximum atomic E-state index is 11.9. The fourth-order valence-corrected chi connectivity index (χ4v) is 2.41. The smallest absolute Gasteiger partial charge is 0.277 e. The Hall–Kier alpha value is -3.02. The third-order valence-electron chi connectivity index (χ3n) is 3.67. The monoisotopic (exact) mass is 370 g/mol. The van der Waals surface area contributed by atoms with Crippen molar-refractivity contribution >= 4 is 12.1 Å². The van der Waals surface area contributed by atoms with Gasteiger partial charge in [0.1, 0.15) is 5.75 Å². The van der Waals surface area contributed by atoms with Crippen LogP contribution in [0.25, 0.3) is 0 Å². The normalized spacial score (nSPS) is 10.9. The van der Waals surface area contributed by atoms with Crippen LogP contribution in [0.15, 0.2) is 47.6 Å². The van der Waals surface area contributed by atoms with Gasteiger partial charge in [0.25, 0.3) is 5.91 Å². The van der Waals surface area contributed by atoms with E-state index in [0.29, 0.717) is 17.2 Å². The van der Waals surface area contributed by atoms with Crippen LogP contribution >= 0.6 is 0 Å². The highest BCUT2D eigenvalue weighted by Crippen LogP contribution is 2.28. The second-order valence-electron chi connectivity index (χ2n) is 6.12. The number of nitrogens with one attached hydrogen (secondary N) is 1. The van der Waals surface area contributed by atoms with Crippen LogP contribution in [0.2, 0.25) is 0 Å². The van der Waals surface area contributed by atoms with Crippen LogP contribution < -0.4 is 19.6 Å². The van der Waals surface area contributed by atoms with Crippen molar-refractivity contribution < 1.29 is 19.0 Å². The second kappa shape index (κ2) is 10.2. The van der Waals surface area contributed by atoms with E-state index in [1.54, 1.807) is 19.4 Å². The lowest BCUT2D eigenvalue weighted by molar-refractivity contribution is -0.123. The SMILES string of the molecule is CCc1ccccc1OCC(=O)N/N=C/c1ccc(OC(C)C)c(OC)c1. The van der Waals surface area contributed by atoms with Gasteiger partial charge in [0, 0.05) is 0 Å². The number of nitrogens with zero attached hydrogens (tertiary/aromatic N) is 1. The molecule has 0 aliphatic carbocycles. The minimum atomic E-state index is -0.330. The van der Waals surface area contributed by atoms with Gasteiger partial charge in [0.15, 0.2) is 18.1 Å². The standard InChI is InChI=1S/C21H26N2O4/c1-5-17-8-6-7-9-18(17)26-14-21(24)23-22-13-16-10-11-19(27-15(2)3)20(12-16)25-4/h6-13,15H,5,14H2,1-4H3,(H,23,24)/b22-13+. The van der Waals surface area contributed by atoms with Gasteiger partial charge in [-0.1, -0.05) is 25.1 Å². The molecule has 0 fully saturated rings. The molecule has 2 rings (SSSR count). The molecule has 0 unspecified atom stereocenters. The molecule has 0 aromatic heterocycles. The molecule has 1 N–H and O–H groups in total. The van der Waals surface area contributed by atoms with E-state index in [1.807, 2.05) is 57.2 Å². The Morgan fingerprint density at radius 1 is 1.15 bits per heavy atom. The number of amides is 1. The molecule has 0 radical (unpaired) electrons. The summed E-state index contributed by atoms with van der Waals surface area (Å²) in [5.41, 5.74) is 4.29. The zero-order valence-corrected chi connectivity index (χ0v) is 16.2. The number of benzene rings is 2. The van der Waals surface area contributed by atoms with Crippen molar-refractivity contribution in [1.82, 2.24) is 5.43 Å². The lowest BCUT2D eigenvalue weighted by Crippen LogP contribution is -2.24. The van der Waals surface area contributed by atoms with Crippen LogP contribution in [-0.4, -0.2) is 31.9 Å². The Kier molecular flexibility index (Phi) is 7.67. The van der Waals surface area contributed by atoms with E-state index in [2.05, 4.69) is 10.5 Å². The Labute approximate surface area is 160 Å². The molecule has 0 heterocycles. The molecule has 6 nitrogen and oxygen atoms in total. The minimum absolute atomic E-state index is 0.0514. The second-order valence-corrected chi connectivity index (χ2v) is 6.12. The Bertz CT molecular complexity index is 788. The van der Waals surface area contributed by atoms with Crippen molar-refractivity contribution in [2.45, 2.75) is 33.3 Å². The highest BCUT2D eigenvalue weighted by Gasteiger charge is 2.07. The molecule has 0 aliphatic rings. The number of aryl methyl sites for hydroxylation is 1. The molecule has 0 aliphatic heterocycles. The highest BCUT2D eigenvalue weighted by molar-refractivity contribution is 5.83. The summed E-state index contributed by atoms with van der Waals surface area (Å²) < 4.78 is 16.6. The molecule has 0 saturated heterocycles. The number of carbonyl (C=O) groups is 1. The van der Waals surface area contributed by atoms with Crippen molar-refractivity contribution in [3.8, 4) is 17.2 Å². The number of hydrazone groups is 1. The average molecular weight is 370 g/mol. The number of para-hydroxylation sites is 1. The van der Waals surface area contributed by atoms with E-state index < -0.39 is 0 Å². The highest BCUT2D eigenvalue weighted by atomic mass is 16.5. The first-order valence-corrected chi connectivity index (χ1v) is 8.90. The van der Waals surface area contributed by atoms with Crippen LogP contribution in [-0.2, 0) is 11.2 Å². The number of carbonyl (C=O) groups excluding carboxylic acids is 1. The number of hydrogen-bond donors (Lipinski definition) is 1. The van der Waals surface area contributed by atoms with Crippen LogP contribution in [0.3, 0.4) is 0 Å². The third-order valence-corrected chi connectivity index (χ3v) is 3.67. The summed E-state index contributed by atoms with van der Waals surface area (Å²) in [4.78, 5) is 11.9. The summed E-state index contributed by atoms with van der Waals surface area (Å²) in [5.74, 6) is 1.66. The molecule has 27 heavy (non-hydrogen) atoms. The van der Waals surface area contributed by atoms with Crippen LogP contribution in [0.1, 0.15) is 31.9 Å². The Morgan fingerprint density at radius 3 is 2.63 bits per heavy atom. The summed E-state index contributed by atoms with van der Waals surface area (Å²) >= 11 is 0. The van der Waals surface area contributed by atoms with Gasteiger partial charge in [-0.2, -0.15) is 5.10 Å². The van der Waals surface area contributed by atoms with E-state index in [-0.39, 0.29) is 18.6 Å². The predicted molar refractivity (Wildman–Crippen MR) is 106 cm³/mol. The van der Waals surface area contributed by atoms with Crippen LogP contribution in [0.5, 0.6) is 17.2 Å². The maximum absolute atomic E-state index is 11.9. The maximum Gasteiger partial charge on any atom is 0.277 e. The van der Waals surface area contributed by atoms with Gasteiger partial charge in [0.2, 0.25) is 0 Å². The summed E-state index contributed by atoms with van der Waals surface area (Å²) in [6, 6.07) is 13.1. The van der Waals surface area contributed by atoms with E-state index >= 15 is 0 Å². The molecule has 6 heteroatoms. The van der Waals surface area contributed by atoms with Gasteiger partial charge in [-0.05, 0) is 55.7 Å². The lowest BCUT2D eigenvalue weighted by atomic mass is 10.1. The van der Waals surface area contributed by atoms with Crippen LogP contribution in [0, 0.1) is 0 Å². The lowest BCUT2D eigenvalue weighted by Gasteiger charge is -2.13. The van der Waals surface area contributed by atoms with Crippen molar-refractivity contribution in [2.24, 2.45) is 5.10 Å². The van der Waals surface area contributed by atoms with Crippen molar-refractivity contribution in [1.29, 1.82) is 0 Å². The van der Waals surface area contributed by atoms with E-state index in [9.17, 15) is 4.79 Å². The first-order valence-electron chi connectivity index (χ1n) is 8.90. The van der Waals surface area contributed by atoms with Gasteiger partial charge >= 0.3 is 0 Å². The van der Waals surface area contributed by atoms with Gasteiger partial charge < -0.3 is 14.2 Å². The first kappa shape index (κ1) is 20.3. The van der Waals surface area contributed by atoms with Gasteiger partial charge in [-0.15, -0.1) is 0 Å². The van der Waals surface area contributed by atoms with Crippen LogP contribution in [0.4, 0.5) is 0 Å². The number of methoxy groups -OCH3 is 1. The molecule has 0 bridgehead atoms. The number of ether oxygens (including phenoxy) is 3. The quantitative estimate of drug-likeness (QED) is 0.541. The molecule has 0 atom stereocenters. The van der Waals surface area contributed by atoms with Gasteiger partial charge in [-0.25, -0.2) is 5.43 Å². The minimum Gasteiger partial charge on any atom is -0.493 e. The largest absolute Gasteiger partial charge is 0.493 e. The summed E-state index contributed by atoms with van der Waals surface area (Å²) in [6.07, 6.45) is 2.43. The Balaban J connectivity index is 1.90. The molecule has 2 aromatic rings. The topological polar surface area (TPSA) is 69.2 Å². The summed E-state index contributed by atoms with van der Waals surface area (Å²) in [5, 5.41) is 3.96. The van der Waals surface area contributed by atoms with Gasteiger partial charge in [0.05, 0.1) is 19.4 Å². The third kappa shape index (κ3) is 6.33. The molecule has 144 valence electrons. The average Bonchev–Trinajstić information content (AvgIpc) is 2.67. The molecule has 0 spiro atoms. The molecule has 1 amide bonds. The number of hydrogen-bond acceptors (Lipinski definition) is 5. The predicted octanol–water partition coefficient (Wildman–Crippen LogP) is 3.57. The summed E-state index contributed by atoms with van der Waals surface area (Å²) in [6.45, 7) is 5.84. The van der Waals surface area contributed by atoms with E-state index in [0.717, 1.165) is 17.5 Å². The number of rotatable bonds is 9. The van der Waals surface area contributed by atoms with Crippen molar-refractivity contribution in [3.63, 3.8) is 0 Å². The van der Waals surface area contributed by atoms with E-state index in [4.69, 9.17) is 14.2 Å². The van der Waals surface area contributed by atoms with Crippen molar-refractivity contribution in [2.75, 3.05) is 13.7 Å².